The molecule has 1 aromatic carbocycles. The van der Waals surface area contributed by atoms with Crippen molar-refractivity contribution in [1.82, 2.24) is 9.88 Å². The number of aryl methyl sites for hydroxylation is 1. The van der Waals surface area contributed by atoms with Crippen molar-refractivity contribution in [2.45, 2.75) is 33.1 Å². The monoisotopic (exact) mass is 366 g/mol. The van der Waals surface area contributed by atoms with Gasteiger partial charge in [0.2, 0.25) is 0 Å². The number of esters is 1. The smallest absolute Gasteiger partial charge is 0.310 e. The Hall–Kier alpha value is -2.69. The average molecular weight is 366 g/mol. The van der Waals surface area contributed by atoms with Crippen LogP contribution in [0.25, 0.3) is 11.1 Å². The quantitative estimate of drug-likeness (QED) is 0.757. The van der Waals surface area contributed by atoms with Gasteiger partial charge in [0, 0.05) is 31.0 Å². The van der Waals surface area contributed by atoms with Crippen LogP contribution in [0.4, 0.5) is 0 Å². The van der Waals surface area contributed by atoms with Crippen molar-refractivity contribution >= 4 is 11.9 Å². The lowest BCUT2D eigenvalue weighted by molar-refractivity contribution is -0.149. The van der Waals surface area contributed by atoms with Crippen LogP contribution in [0.15, 0.2) is 42.7 Å². The van der Waals surface area contributed by atoms with Crippen molar-refractivity contribution in [3.05, 3.63) is 53.9 Å². The molecule has 2 heterocycles. The Labute approximate surface area is 160 Å². The first-order valence-electron chi connectivity index (χ1n) is 9.62. The van der Waals surface area contributed by atoms with Crippen molar-refractivity contribution in [2.24, 2.45) is 5.92 Å². The number of carbonyl (C=O) groups excluding carboxylic acids is 2. The van der Waals surface area contributed by atoms with Crippen molar-refractivity contribution in [2.75, 3.05) is 19.7 Å². The van der Waals surface area contributed by atoms with Gasteiger partial charge < -0.3 is 9.64 Å². The van der Waals surface area contributed by atoms with Crippen molar-refractivity contribution in [3.63, 3.8) is 0 Å². The van der Waals surface area contributed by atoms with Crippen LogP contribution in [0.2, 0.25) is 0 Å². The Kier molecular flexibility index (Phi) is 6.22. The normalized spacial score (nSPS) is 16.8. The maximum absolute atomic E-state index is 12.9. The highest BCUT2D eigenvalue weighted by atomic mass is 16.5. The Morgan fingerprint density at radius 1 is 1.15 bits per heavy atom. The Morgan fingerprint density at radius 3 is 2.63 bits per heavy atom. The van der Waals surface area contributed by atoms with Gasteiger partial charge in [0.1, 0.15) is 0 Å². The molecule has 0 N–H and O–H groups in total. The van der Waals surface area contributed by atoms with Crippen LogP contribution >= 0.6 is 0 Å². The fourth-order valence-corrected chi connectivity index (χ4v) is 3.44. The lowest BCUT2D eigenvalue weighted by atomic mass is 9.97. The van der Waals surface area contributed by atoms with Crippen LogP contribution in [0.5, 0.6) is 0 Å². The fraction of sp³-hybridized carbons (Fsp3) is 0.409. The van der Waals surface area contributed by atoms with Crippen LogP contribution in [0.1, 0.15) is 42.6 Å². The number of amides is 1. The number of aromatic nitrogens is 1. The molecule has 3 rings (SSSR count). The first-order chi connectivity index (χ1) is 13.1. The van der Waals surface area contributed by atoms with E-state index in [-0.39, 0.29) is 17.8 Å². The van der Waals surface area contributed by atoms with Gasteiger partial charge in [-0.15, -0.1) is 0 Å². The zero-order valence-corrected chi connectivity index (χ0v) is 16.0. The zero-order chi connectivity index (χ0) is 19.2. The van der Waals surface area contributed by atoms with Crippen LogP contribution in [0, 0.1) is 5.92 Å². The average Bonchev–Trinajstić information content (AvgIpc) is 2.73. The van der Waals surface area contributed by atoms with E-state index in [9.17, 15) is 9.59 Å². The zero-order valence-electron chi connectivity index (χ0n) is 16.0. The van der Waals surface area contributed by atoms with E-state index in [4.69, 9.17) is 4.74 Å². The maximum atomic E-state index is 12.9. The van der Waals surface area contributed by atoms with Gasteiger partial charge in [-0.3, -0.25) is 14.6 Å². The second kappa shape index (κ2) is 8.80. The van der Waals surface area contributed by atoms with Gasteiger partial charge >= 0.3 is 5.97 Å². The summed E-state index contributed by atoms with van der Waals surface area (Å²) in [6.45, 7) is 5.36. The summed E-state index contributed by atoms with van der Waals surface area (Å²) >= 11 is 0. The maximum Gasteiger partial charge on any atom is 0.310 e. The minimum absolute atomic E-state index is 0.0801. The predicted molar refractivity (Wildman–Crippen MR) is 104 cm³/mol. The number of ether oxygens (including phenoxy) is 1. The van der Waals surface area contributed by atoms with Gasteiger partial charge in [-0.25, -0.2) is 0 Å². The number of benzene rings is 1. The molecule has 0 spiro atoms. The fourth-order valence-electron chi connectivity index (χ4n) is 3.44. The molecule has 142 valence electrons. The summed E-state index contributed by atoms with van der Waals surface area (Å²) in [6, 6.07) is 10.2. The molecule has 2 aromatic rings. The van der Waals surface area contributed by atoms with Gasteiger partial charge in [0.15, 0.2) is 0 Å². The molecule has 0 bridgehead atoms. The van der Waals surface area contributed by atoms with E-state index in [1.807, 2.05) is 6.07 Å². The third kappa shape index (κ3) is 4.54. The van der Waals surface area contributed by atoms with Gasteiger partial charge in [-0.05, 0) is 43.4 Å². The highest BCUT2D eigenvalue weighted by Crippen LogP contribution is 2.23. The topological polar surface area (TPSA) is 59.5 Å². The highest BCUT2D eigenvalue weighted by molar-refractivity contribution is 5.95. The molecule has 1 saturated heterocycles. The number of hydrogen-bond donors (Lipinski definition) is 0. The molecule has 0 saturated carbocycles. The number of likely N-dealkylation sites (tertiary alicyclic amines) is 1. The molecule has 5 nitrogen and oxygen atoms in total. The summed E-state index contributed by atoms with van der Waals surface area (Å²) in [6.07, 6.45) is 5.94. The molecule has 1 amide bonds. The molecular weight excluding hydrogens is 340 g/mol. The Bertz CT molecular complexity index is 801. The number of piperidine rings is 1. The molecule has 0 unspecified atom stereocenters. The van der Waals surface area contributed by atoms with Crippen LogP contribution in [0.3, 0.4) is 0 Å². The van der Waals surface area contributed by atoms with Gasteiger partial charge in [-0.2, -0.15) is 0 Å². The van der Waals surface area contributed by atoms with Crippen molar-refractivity contribution < 1.29 is 14.3 Å². The molecule has 27 heavy (non-hydrogen) atoms. The predicted octanol–water partition coefficient (Wildman–Crippen LogP) is 3.73. The third-order valence-corrected chi connectivity index (χ3v) is 5.01. The lowest BCUT2D eigenvalue weighted by Gasteiger charge is -2.31. The number of nitrogens with zero attached hydrogens (tertiary/aromatic N) is 2. The summed E-state index contributed by atoms with van der Waals surface area (Å²) < 4.78 is 5.12. The summed E-state index contributed by atoms with van der Waals surface area (Å²) in [5.74, 6) is -0.526. The second-order valence-electron chi connectivity index (χ2n) is 6.86. The van der Waals surface area contributed by atoms with Crippen molar-refractivity contribution in [3.8, 4) is 11.1 Å². The van der Waals surface area contributed by atoms with E-state index in [0.717, 1.165) is 30.4 Å². The SMILES string of the molecule is CCOC(=O)[C@@H]1CCCN(C(=O)c2cncc(-c3ccc(CC)cc3)c2)C1. The largest absolute Gasteiger partial charge is 0.466 e. The number of carbonyl (C=O) groups is 2. The molecule has 1 aliphatic heterocycles. The summed E-state index contributed by atoms with van der Waals surface area (Å²) in [5, 5.41) is 0. The van der Waals surface area contributed by atoms with E-state index in [1.54, 1.807) is 24.2 Å². The van der Waals surface area contributed by atoms with Gasteiger partial charge in [0.25, 0.3) is 5.91 Å². The van der Waals surface area contributed by atoms with E-state index in [2.05, 4.69) is 36.2 Å². The molecule has 5 heteroatoms. The molecule has 1 aromatic heterocycles. The Balaban J connectivity index is 1.75. The molecule has 0 aliphatic carbocycles. The Morgan fingerprint density at radius 2 is 1.93 bits per heavy atom. The molecule has 1 fully saturated rings. The van der Waals surface area contributed by atoms with E-state index < -0.39 is 0 Å². The standard InChI is InChI=1S/C22H26N2O3/c1-3-16-7-9-17(10-8-16)19-12-20(14-23-13-19)21(25)24-11-5-6-18(15-24)22(26)27-4-2/h7-10,12-14,18H,3-6,11,15H2,1-2H3/t18-/m1/s1. The molecule has 1 aliphatic rings. The second-order valence-corrected chi connectivity index (χ2v) is 6.86. The summed E-state index contributed by atoms with van der Waals surface area (Å²) in [4.78, 5) is 31.0. The minimum Gasteiger partial charge on any atom is -0.466 e. The third-order valence-electron chi connectivity index (χ3n) is 5.01. The van der Waals surface area contributed by atoms with Crippen LogP contribution < -0.4 is 0 Å². The van der Waals surface area contributed by atoms with E-state index in [0.29, 0.717) is 25.3 Å². The molecular formula is C22H26N2O3. The number of rotatable bonds is 5. The summed E-state index contributed by atoms with van der Waals surface area (Å²) in [7, 11) is 0. The van der Waals surface area contributed by atoms with Crippen LogP contribution in [-0.2, 0) is 16.0 Å². The summed E-state index contributed by atoms with van der Waals surface area (Å²) in [5.41, 5.74) is 3.79. The van der Waals surface area contributed by atoms with Gasteiger partial charge in [-0.1, -0.05) is 31.2 Å². The van der Waals surface area contributed by atoms with E-state index >= 15 is 0 Å². The van der Waals surface area contributed by atoms with Gasteiger partial charge in [0.05, 0.1) is 18.1 Å². The highest BCUT2D eigenvalue weighted by Gasteiger charge is 2.30. The first kappa shape index (κ1) is 19.1. The lowest BCUT2D eigenvalue weighted by Crippen LogP contribution is -2.42. The number of hydrogen-bond acceptors (Lipinski definition) is 4. The number of pyridine rings is 1. The molecule has 0 radical (unpaired) electrons. The minimum atomic E-state index is -0.236. The molecule has 1 atom stereocenters. The van der Waals surface area contributed by atoms with Crippen LogP contribution in [-0.4, -0.2) is 41.5 Å². The first-order valence-corrected chi connectivity index (χ1v) is 9.62. The van der Waals surface area contributed by atoms with E-state index in [1.165, 1.54) is 5.56 Å². The van der Waals surface area contributed by atoms with Crippen molar-refractivity contribution in [1.29, 1.82) is 0 Å².